The van der Waals surface area contributed by atoms with Crippen LogP contribution in [-0.4, -0.2) is 65.2 Å². The first-order valence-corrected chi connectivity index (χ1v) is 11.4. The van der Waals surface area contributed by atoms with E-state index in [0.29, 0.717) is 26.2 Å². The molecule has 9 heteroatoms. The smallest absolute Gasteiger partial charge is 0.243 e. The second-order valence-corrected chi connectivity index (χ2v) is 10.0. The zero-order valence-electron chi connectivity index (χ0n) is 15.0. The molecule has 0 radical (unpaired) electrons. The van der Waals surface area contributed by atoms with Crippen LogP contribution in [-0.2, 0) is 20.0 Å². The normalized spacial score (nSPS) is 19.6. The third-order valence-electron chi connectivity index (χ3n) is 4.53. The first-order valence-electron chi connectivity index (χ1n) is 8.52. The third kappa shape index (κ3) is 4.22. The van der Waals surface area contributed by atoms with Crippen molar-refractivity contribution in [1.29, 1.82) is 0 Å². The largest absolute Gasteiger partial charge is 0.319 e. The molecule has 1 atom stereocenters. The highest BCUT2D eigenvalue weighted by Crippen LogP contribution is 2.26. The first-order chi connectivity index (χ1) is 11.8. The van der Waals surface area contributed by atoms with Gasteiger partial charge in [-0.25, -0.2) is 16.8 Å². The molecule has 1 fully saturated rings. The summed E-state index contributed by atoms with van der Waals surface area (Å²) in [5.41, 5.74) is 0. The fourth-order valence-corrected chi connectivity index (χ4v) is 6.28. The quantitative estimate of drug-likeness (QED) is 0.715. The minimum atomic E-state index is -3.69. The van der Waals surface area contributed by atoms with E-state index in [1.807, 2.05) is 7.05 Å². The van der Waals surface area contributed by atoms with Crippen LogP contribution in [0, 0.1) is 5.92 Å². The standard InChI is InChI=1S/C16H27N3O4S2/c1-4-18(5-2)24(20,21)15-7-6-8-16(11-15)25(22,23)19-10-9-14(13-19)12-17-3/h6-8,11,14,17H,4-5,9-10,12-13H2,1-3H3. The van der Waals surface area contributed by atoms with E-state index >= 15 is 0 Å². The van der Waals surface area contributed by atoms with Crippen molar-refractivity contribution in [3.8, 4) is 0 Å². The molecule has 0 aliphatic carbocycles. The topological polar surface area (TPSA) is 86.8 Å². The first kappa shape index (κ1) is 20.3. The molecule has 0 amide bonds. The predicted molar refractivity (Wildman–Crippen MR) is 97.3 cm³/mol. The van der Waals surface area contributed by atoms with E-state index in [0.717, 1.165) is 13.0 Å². The van der Waals surface area contributed by atoms with Crippen molar-refractivity contribution in [1.82, 2.24) is 13.9 Å². The van der Waals surface area contributed by atoms with Crippen molar-refractivity contribution >= 4 is 20.0 Å². The molecular formula is C16H27N3O4S2. The van der Waals surface area contributed by atoms with Crippen LogP contribution in [0.2, 0.25) is 0 Å². The van der Waals surface area contributed by atoms with Crippen molar-refractivity contribution in [2.75, 3.05) is 39.8 Å². The van der Waals surface area contributed by atoms with E-state index in [9.17, 15) is 16.8 Å². The van der Waals surface area contributed by atoms with Gasteiger partial charge in [0.1, 0.15) is 0 Å². The van der Waals surface area contributed by atoms with E-state index in [4.69, 9.17) is 0 Å². The molecule has 142 valence electrons. The summed E-state index contributed by atoms with van der Waals surface area (Å²) in [5.74, 6) is 0.280. The Bertz CT molecular complexity index is 789. The third-order valence-corrected chi connectivity index (χ3v) is 8.43. The molecule has 1 saturated heterocycles. The van der Waals surface area contributed by atoms with Crippen LogP contribution in [0.5, 0.6) is 0 Å². The van der Waals surface area contributed by atoms with Crippen molar-refractivity contribution in [2.45, 2.75) is 30.1 Å². The summed E-state index contributed by atoms with van der Waals surface area (Å²) in [6.45, 7) is 5.88. The fraction of sp³-hybridized carbons (Fsp3) is 0.625. The summed E-state index contributed by atoms with van der Waals surface area (Å²) < 4.78 is 53.8. The molecule has 0 spiro atoms. The van der Waals surface area contributed by atoms with E-state index in [-0.39, 0.29) is 15.7 Å². The highest BCUT2D eigenvalue weighted by molar-refractivity contribution is 7.90. The lowest BCUT2D eigenvalue weighted by Gasteiger charge is -2.20. The van der Waals surface area contributed by atoms with Crippen molar-refractivity contribution in [3.05, 3.63) is 24.3 Å². The maximum absolute atomic E-state index is 12.9. The van der Waals surface area contributed by atoms with Gasteiger partial charge in [0.2, 0.25) is 20.0 Å². The van der Waals surface area contributed by atoms with Gasteiger partial charge in [0, 0.05) is 26.2 Å². The molecule has 1 heterocycles. The van der Waals surface area contributed by atoms with Gasteiger partial charge >= 0.3 is 0 Å². The summed E-state index contributed by atoms with van der Waals surface area (Å²) >= 11 is 0. The Balaban J connectivity index is 2.32. The molecule has 1 aromatic rings. The lowest BCUT2D eigenvalue weighted by atomic mass is 10.1. The molecular weight excluding hydrogens is 362 g/mol. The summed E-state index contributed by atoms with van der Waals surface area (Å²) in [7, 11) is -5.53. The monoisotopic (exact) mass is 389 g/mol. The van der Waals surface area contributed by atoms with Crippen molar-refractivity contribution < 1.29 is 16.8 Å². The average molecular weight is 390 g/mol. The number of hydrogen-bond donors (Lipinski definition) is 1. The fourth-order valence-electron chi connectivity index (χ4n) is 3.13. The Morgan fingerprint density at radius 2 is 1.80 bits per heavy atom. The maximum atomic E-state index is 12.9. The lowest BCUT2D eigenvalue weighted by molar-refractivity contribution is 0.444. The number of nitrogens with zero attached hydrogens (tertiary/aromatic N) is 2. The molecule has 1 unspecified atom stereocenters. The van der Waals surface area contributed by atoms with Gasteiger partial charge in [-0.1, -0.05) is 19.9 Å². The van der Waals surface area contributed by atoms with Gasteiger partial charge in [-0.3, -0.25) is 0 Å². The molecule has 1 aliphatic heterocycles. The van der Waals surface area contributed by atoms with Gasteiger partial charge in [0.05, 0.1) is 9.79 Å². The van der Waals surface area contributed by atoms with E-state index < -0.39 is 20.0 Å². The van der Waals surface area contributed by atoms with Crippen LogP contribution in [0.1, 0.15) is 20.3 Å². The van der Waals surface area contributed by atoms with Crippen molar-refractivity contribution in [3.63, 3.8) is 0 Å². The second-order valence-electron chi connectivity index (χ2n) is 6.14. The minimum absolute atomic E-state index is 0.0169. The Morgan fingerprint density at radius 3 is 2.40 bits per heavy atom. The van der Waals surface area contributed by atoms with Crippen molar-refractivity contribution in [2.24, 2.45) is 5.92 Å². The van der Waals surface area contributed by atoms with Crippen LogP contribution in [0.4, 0.5) is 0 Å². The Kier molecular flexibility index (Phi) is 6.61. The lowest BCUT2D eigenvalue weighted by Crippen LogP contribution is -2.32. The van der Waals surface area contributed by atoms with Gasteiger partial charge in [-0.2, -0.15) is 8.61 Å². The van der Waals surface area contributed by atoms with Crippen LogP contribution in [0.3, 0.4) is 0 Å². The zero-order chi connectivity index (χ0) is 18.7. The van der Waals surface area contributed by atoms with Gasteiger partial charge in [-0.15, -0.1) is 0 Å². The molecule has 0 saturated carbocycles. The molecule has 1 aromatic carbocycles. The maximum Gasteiger partial charge on any atom is 0.243 e. The van der Waals surface area contributed by atoms with Crippen LogP contribution < -0.4 is 5.32 Å². The molecule has 0 aromatic heterocycles. The highest BCUT2D eigenvalue weighted by atomic mass is 32.2. The summed E-state index contributed by atoms with van der Waals surface area (Å²) in [6, 6.07) is 5.67. The van der Waals surface area contributed by atoms with Crippen LogP contribution in [0.25, 0.3) is 0 Å². The molecule has 25 heavy (non-hydrogen) atoms. The number of sulfonamides is 2. The minimum Gasteiger partial charge on any atom is -0.319 e. The zero-order valence-corrected chi connectivity index (χ0v) is 16.6. The number of nitrogens with one attached hydrogen (secondary N) is 1. The molecule has 1 N–H and O–H groups in total. The molecule has 7 nitrogen and oxygen atoms in total. The Morgan fingerprint density at radius 1 is 1.16 bits per heavy atom. The summed E-state index contributed by atoms with van der Waals surface area (Å²) in [6.07, 6.45) is 0.803. The Labute approximate surface area is 151 Å². The second kappa shape index (κ2) is 8.13. The molecule has 2 rings (SSSR count). The Hall–Kier alpha value is -1.00. The van der Waals surface area contributed by atoms with Crippen LogP contribution in [0.15, 0.2) is 34.1 Å². The van der Waals surface area contributed by atoms with Gasteiger partial charge < -0.3 is 5.32 Å². The molecule has 0 bridgehead atoms. The molecule has 1 aliphatic rings. The van der Waals surface area contributed by atoms with E-state index in [2.05, 4.69) is 5.32 Å². The van der Waals surface area contributed by atoms with Crippen LogP contribution >= 0.6 is 0 Å². The van der Waals surface area contributed by atoms with Gasteiger partial charge in [-0.05, 0) is 44.1 Å². The van der Waals surface area contributed by atoms with Gasteiger partial charge in [0.15, 0.2) is 0 Å². The number of rotatable bonds is 8. The summed E-state index contributed by atoms with van der Waals surface area (Å²) in [5, 5.41) is 3.07. The number of hydrogen-bond acceptors (Lipinski definition) is 5. The predicted octanol–water partition coefficient (Wildman–Crippen LogP) is 0.947. The van der Waals surface area contributed by atoms with E-state index in [1.165, 1.54) is 32.9 Å². The SMILES string of the molecule is CCN(CC)S(=O)(=O)c1cccc(S(=O)(=O)N2CCC(CNC)C2)c1. The average Bonchev–Trinajstić information content (AvgIpc) is 3.06. The summed E-state index contributed by atoms with van der Waals surface area (Å²) in [4.78, 5) is 0.0501. The highest BCUT2D eigenvalue weighted by Gasteiger charge is 2.33. The van der Waals surface area contributed by atoms with Gasteiger partial charge in [0.25, 0.3) is 0 Å². The van der Waals surface area contributed by atoms with E-state index in [1.54, 1.807) is 13.8 Å². The number of benzene rings is 1.